The van der Waals surface area contributed by atoms with E-state index < -0.39 is 0 Å². The second-order valence-corrected chi connectivity index (χ2v) is 5.19. The van der Waals surface area contributed by atoms with Crippen molar-refractivity contribution in [2.24, 2.45) is 0 Å². The lowest BCUT2D eigenvalue weighted by Gasteiger charge is -2.33. The molecular formula is C10H13N5O2S. The molecule has 2 aromatic heterocycles. The van der Waals surface area contributed by atoms with Crippen molar-refractivity contribution < 1.29 is 4.92 Å². The van der Waals surface area contributed by atoms with Crippen molar-refractivity contribution >= 4 is 27.9 Å². The fraction of sp³-hybridized carbons (Fsp3) is 0.500. The SMILES string of the molecule is CC1CNCCN1c1nc2sccn2c1[N+](=O)[O-]. The number of anilines is 1. The smallest absolute Gasteiger partial charge is 0.358 e. The van der Waals surface area contributed by atoms with Gasteiger partial charge >= 0.3 is 5.82 Å². The topological polar surface area (TPSA) is 75.7 Å². The van der Waals surface area contributed by atoms with Crippen molar-refractivity contribution in [1.82, 2.24) is 14.7 Å². The molecule has 18 heavy (non-hydrogen) atoms. The quantitative estimate of drug-likeness (QED) is 0.651. The molecule has 8 heteroatoms. The Balaban J connectivity index is 2.12. The van der Waals surface area contributed by atoms with Gasteiger partial charge in [0.05, 0.1) is 0 Å². The fourth-order valence-corrected chi connectivity index (χ4v) is 2.98. The summed E-state index contributed by atoms with van der Waals surface area (Å²) in [6, 6.07) is 0.210. The van der Waals surface area contributed by atoms with Crippen molar-refractivity contribution in [3.05, 3.63) is 21.7 Å². The number of thiazole rings is 1. The molecule has 1 aliphatic heterocycles. The van der Waals surface area contributed by atoms with E-state index in [4.69, 9.17) is 0 Å². The second kappa shape index (κ2) is 4.21. The summed E-state index contributed by atoms with van der Waals surface area (Å²) in [5, 5.41) is 16.3. The number of hydrogen-bond donors (Lipinski definition) is 1. The number of nitrogens with zero attached hydrogens (tertiary/aromatic N) is 4. The number of fused-ring (bicyclic) bond motifs is 1. The maximum atomic E-state index is 11.3. The Morgan fingerprint density at radius 1 is 1.67 bits per heavy atom. The minimum absolute atomic E-state index is 0.0694. The summed E-state index contributed by atoms with van der Waals surface area (Å²) >= 11 is 1.41. The van der Waals surface area contributed by atoms with E-state index in [9.17, 15) is 10.1 Å². The number of rotatable bonds is 2. The molecule has 0 radical (unpaired) electrons. The molecule has 1 atom stereocenters. The van der Waals surface area contributed by atoms with Crippen molar-refractivity contribution in [2.45, 2.75) is 13.0 Å². The van der Waals surface area contributed by atoms with Crippen molar-refractivity contribution in [2.75, 3.05) is 24.5 Å². The van der Waals surface area contributed by atoms with E-state index in [-0.39, 0.29) is 16.8 Å². The van der Waals surface area contributed by atoms with Crippen LogP contribution in [0.5, 0.6) is 0 Å². The van der Waals surface area contributed by atoms with Crippen molar-refractivity contribution in [1.29, 1.82) is 0 Å². The van der Waals surface area contributed by atoms with Crippen LogP contribution < -0.4 is 10.2 Å². The van der Waals surface area contributed by atoms with Gasteiger partial charge in [0.2, 0.25) is 5.82 Å². The maximum absolute atomic E-state index is 11.3. The molecule has 2 aromatic rings. The summed E-state index contributed by atoms with van der Waals surface area (Å²) < 4.78 is 1.55. The van der Waals surface area contributed by atoms with Crippen LogP contribution in [0.15, 0.2) is 11.6 Å². The fourth-order valence-electron chi connectivity index (χ4n) is 2.28. The summed E-state index contributed by atoms with van der Waals surface area (Å²) in [7, 11) is 0. The molecule has 7 nitrogen and oxygen atoms in total. The Morgan fingerprint density at radius 2 is 2.50 bits per heavy atom. The van der Waals surface area contributed by atoms with Crippen LogP contribution in [0, 0.1) is 10.1 Å². The predicted octanol–water partition coefficient (Wildman–Crippen LogP) is 1.10. The van der Waals surface area contributed by atoms with Gasteiger partial charge in [-0.25, -0.2) is 0 Å². The summed E-state index contributed by atoms with van der Waals surface area (Å²) in [5.74, 6) is 0.556. The van der Waals surface area contributed by atoms with E-state index in [1.54, 1.807) is 16.0 Å². The van der Waals surface area contributed by atoms with E-state index in [1.165, 1.54) is 11.3 Å². The van der Waals surface area contributed by atoms with E-state index in [0.717, 1.165) is 19.6 Å². The van der Waals surface area contributed by atoms with Crippen LogP contribution in [0.25, 0.3) is 4.96 Å². The lowest BCUT2D eigenvalue weighted by molar-refractivity contribution is -0.389. The van der Waals surface area contributed by atoms with Crippen LogP contribution in [0.1, 0.15) is 6.92 Å². The minimum Gasteiger partial charge on any atom is -0.358 e. The van der Waals surface area contributed by atoms with Gasteiger partial charge in [0.1, 0.15) is 6.20 Å². The Hall–Kier alpha value is -1.67. The zero-order valence-corrected chi connectivity index (χ0v) is 10.7. The molecular weight excluding hydrogens is 254 g/mol. The normalized spacial score (nSPS) is 20.5. The molecule has 0 bridgehead atoms. The molecule has 0 aromatic carbocycles. The highest BCUT2D eigenvalue weighted by Crippen LogP contribution is 2.32. The van der Waals surface area contributed by atoms with Crippen LogP contribution in [0.2, 0.25) is 0 Å². The molecule has 0 amide bonds. The van der Waals surface area contributed by atoms with Gasteiger partial charge in [-0.05, 0) is 11.8 Å². The molecule has 1 fully saturated rings. The van der Waals surface area contributed by atoms with Crippen LogP contribution in [0.3, 0.4) is 0 Å². The first kappa shape index (κ1) is 11.4. The standard InChI is InChI=1S/C10H13N5O2S/c1-7-6-11-2-3-13(7)8-9(15(16)17)14-4-5-18-10(14)12-8/h4-5,7,11H,2-3,6H2,1H3. The number of imidazole rings is 1. The molecule has 1 unspecified atom stereocenters. The predicted molar refractivity (Wildman–Crippen MR) is 69.4 cm³/mol. The summed E-state index contributed by atoms with van der Waals surface area (Å²) in [6.07, 6.45) is 1.70. The molecule has 1 N–H and O–H groups in total. The highest BCUT2D eigenvalue weighted by Gasteiger charge is 2.31. The van der Waals surface area contributed by atoms with Crippen molar-refractivity contribution in [3.8, 4) is 0 Å². The monoisotopic (exact) mass is 267 g/mol. The molecule has 0 saturated carbocycles. The van der Waals surface area contributed by atoms with Gasteiger partial charge in [-0.3, -0.25) is 0 Å². The van der Waals surface area contributed by atoms with Gasteiger partial charge in [0.25, 0.3) is 4.96 Å². The Kier molecular flexibility index (Phi) is 2.67. The average molecular weight is 267 g/mol. The highest BCUT2D eigenvalue weighted by atomic mass is 32.1. The number of hydrogen-bond acceptors (Lipinski definition) is 6. The lowest BCUT2D eigenvalue weighted by atomic mass is 10.2. The van der Waals surface area contributed by atoms with Crippen molar-refractivity contribution in [3.63, 3.8) is 0 Å². The number of nitrogens with one attached hydrogen (secondary N) is 1. The Bertz CT molecular complexity index is 592. The molecule has 3 heterocycles. The summed E-state index contributed by atoms with van der Waals surface area (Å²) in [4.78, 5) is 18.0. The van der Waals surface area contributed by atoms with Crippen LogP contribution >= 0.6 is 11.3 Å². The largest absolute Gasteiger partial charge is 0.373 e. The molecule has 96 valence electrons. The van der Waals surface area contributed by atoms with Gasteiger partial charge < -0.3 is 20.3 Å². The molecule has 1 aliphatic rings. The zero-order valence-electron chi connectivity index (χ0n) is 9.87. The molecule has 0 aliphatic carbocycles. The van der Waals surface area contributed by atoms with Crippen LogP contribution in [-0.4, -0.2) is 40.0 Å². The van der Waals surface area contributed by atoms with Gasteiger partial charge in [-0.15, -0.1) is 0 Å². The van der Waals surface area contributed by atoms with E-state index >= 15 is 0 Å². The van der Waals surface area contributed by atoms with Crippen LogP contribution in [-0.2, 0) is 0 Å². The maximum Gasteiger partial charge on any atom is 0.373 e. The average Bonchev–Trinajstić information content (AvgIpc) is 2.88. The molecule has 1 saturated heterocycles. The lowest BCUT2D eigenvalue weighted by Crippen LogP contribution is -2.50. The van der Waals surface area contributed by atoms with E-state index in [0.29, 0.717) is 10.8 Å². The number of piperazine rings is 1. The summed E-state index contributed by atoms with van der Waals surface area (Å²) in [6.45, 7) is 4.44. The van der Waals surface area contributed by atoms with Gasteiger partial charge in [-0.2, -0.15) is 9.38 Å². The third-order valence-electron chi connectivity index (χ3n) is 3.17. The Morgan fingerprint density at radius 3 is 3.22 bits per heavy atom. The number of aromatic nitrogens is 2. The zero-order chi connectivity index (χ0) is 12.7. The number of nitro groups is 1. The van der Waals surface area contributed by atoms with Gasteiger partial charge in [0, 0.05) is 31.1 Å². The third-order valence-corrected chi connectivity index (χ3v) is 3.92. The minimum atomic E-state index is -0.350. The highest BCUT2D eigenvalue weighted by molar-refractivity contribution is 7.15. The van der Waals surface area contributed by atoms with E-state index in [2.05, 4.69) is 10.3 Å². The van der Waals surface area contributed by atoms with E-state index in [1.807, 2.05) is 11.8 Å². The van der Waals surface area contributed by atoms with Crippen LogP contribution in [0.4, 0.5) is 11.6 Å². The molecule has 0 spiro atoms. The third kappa shape index (κ3) is 1.65. The summed E-state index contributed by atoms with van der Waals surface area (Å²) in [5.41, 5.74) is 0. The first-order valence-corrected chi connectivity index (χ1v) is 6.63. The molecule has 3 rings (SSSR count). The second-order valence-electron chi connectivity index (χ2n) is 4.32. The Labute approximate surface area is 107 Å². The first-order chi connectivity index (χ1) is 8.68. The van der Waals surface area contributed by atoms with Gasteiger partial charge in [-0.1, -0.05) is 11.3 Å². The van der Waals surface area contributed by atoms with Gasteiger partial charge in [0.15, 0.2) is 0 Å². The first-order valence-electron chi connectivity index (χ1n) is 5.76.